The van der Waals surface area contributed by atoms with E-state index in [0.29, 0.717) is 19.0 Å². The summed E-state index contributed by atoms with van der Waals surface area (Å²) in [6, 6.07) is 14.8. The maximum atomic E-state index is 10.7. The fraction of sp³-hybridized carbons (Fsp3) is 0.278. The van der Waals surface area contributed by atoms with Crippen LogP contribution in [0.3, 0.4) is 0 Å². The molecule has 0 aliphatic heterocycles. The molecule has 7 heteroatoms. The second-order valence-electron chi connectivity index (χ2n) is 5.33. The molecule has 0 heterocycles. The Morgan fingerprint density at radius 1 is 1.04 bits per heavy atom. The Bertz CT molecular complexity index is 717. The first-order valence-corrected chi connectivity index (χ1v) is 7.88. The van der Waals surface area contributed by atoms with Crippen LogP contribution in [0.25, 0.3) is 0 Å². The zero-order valence-corrected chi connectivity index (χ0v) is 16.7. The van der Waals surface area contributed by atoms with Crippen molar-refractivity contribution in [1.82, 2.24) is 10.6 Å². The Morgan fingerprint density at radius 2 is 1.64 bits per heavy atom. The molecule has 0 spiro atoms. The number of nitro groups is 1. The van der Waals surface area contributed by atoms with Gasteiger partial charge in [-0.05, 0) is 23.1 Å². The Hall–Kier alpha value is -2.16. The molecule has 0 atom stereocenters. The number of aliphatic imine (C=N–C) groups is 1. The molecule has 0 aromatic heterocycles. The molecular formula is C18H23IN4O2. The van der Waals surface area contributed by atoms with Crippen molar-refractivity contribution in [3.05, 3.63) is 75.3 Å². The van der Waals surface area contributed by atoms with Gasteiger partial charge in [-0.25, -0.2) is 0 Å². The van der Waals surface area contributed by atoms with E-state index in [1.165, 1.54) is 23.3 Å². The average Bonchev–Trinajstić information content (AvgIpc) is 2.62. The van der Waals surface area contributed by atoms with Gasteiger partial charge in [0.1, 0.15) is 0 Å². The lowest BCUT2D eigenvalue weighted by Gasteiger charge is -2.13. The average molecular weight is 454 g/mol. The minimum Gasteiger partial charge on any atom is -0.352 e. The van der Waals surface area contributed by atoms with Crippen LogP contribution < -0.4 is 10.6 Å². The first-order chi connectivity index (χ1) is 11.6. The maximum absolute atomic E-state index is 10.7. The number of halogens is 1. The van der Waals surface area contributed by atoms with Crippen LogP contribution in [-0.4, -0.2) is 17.9 Å². The van der Waals surface area contributed by atoms with Crippen LogP contribution in [-0.2, 0) is 19.5 Å². The topological polar surface area (TPSA) is 79.6 Å². The van der Waals surface area contributed by atoms with E-state index in [1.54, 1.807) is 19.2 Å². The number of non-ortho nitro benzene ring substituents is 1. The third kappa shape index (κ3) is 6.33. The van der Waals surface area contributed by atoms with Crippen LogP contribution >= 0.6 is 24.0 Å². The normalized spacial score (nSPS) is 10.7. The Balaban J connectivity index is 0.00000312. The van der Waals surface area contributed by atoms with Crippen LogP contribution in [0.5, 0.6) is 0 Å². The zero-order valence-electron chi connectivity index (χ0n) is 14.4. The van der Waals surface area contributed by atoms with Crippen molar-refractivity contribution in [1.29, 1.82) is 0 Å². The van der Waals surface area contributed by atoms with E-state index in [1.807, 2.05) is 12.1 Å². The van der Waals surface area contributed by atoms with Gasteiger partial charge in [-0.1, -0.05) is 43.3 Å². The number of aryl methyl sites for hydroxylation is 1. The fourth-order valence-corrected chi connectivity index (χ4v) is 2.40. The van der Waals surface area contributed by atoms with Gasteiger partial charge >= 0.3 is 0 Å². The summed E-state index contributed by atoms with van der Waals surface area (Å²) in [5.74, 6) is 0.694. The molecule has 0 saturated carbocycles. The third-order valence-electron chi connectivity index (χ3n) is 3.78. The lowest BCUT2D eigenvalue weighted by molar-refractivity contribution is -0.384. The molecule has 0 bridgehead atoms. The van der Waals surface area contributed by atoms with Crippen molar-refractivity contribution in [2.24, 2.45) is 4.99 Å². The molecule has 0 aliphatic rings. The van der Waals surface area contributed by atoms with Gasteiger partial charge in [0.25, 0.3) is 5.69 Å². The summed E-state index contributed by atoms with van der Waals surface area (Å²) >= 11 is 0. The van der Waals surface area contributed by atoms with Gasteiger partial charge < -0.3 is 10.6 Å². The second kappa shape index (κ2) is 10.7. The first-order valence-electron chi connectivity index (χ1n) is 7.88. The van der Waals surface area contributed by atoms with E-state index in [9.17, 15) is 10.1 Å². The van der Waals surface area contributed by atoms with Crippen molar-refractivity contribution in [3.63, 3.8) is 0 Å². The SMILES string of the molecule is CCc1ccccc1CNC(=NC)NCc1ccc([N+](=O)[O-])cc1.I. The fourth-order valence-electron chi connectivity index (χ4n) is 2.40. The number of benzene rings is 2. The Labute approximate surface area is 164 Å². The molecule has 25 heavy (non-hydrogen) atoms. The van der Waals surface area contributed by atoms with E-state index >= 15 is 0 Å². The minimum atomic E-state index is -0.400. The molecule has 134 valence electrons. The largest absolute Gasteiger partial charge is 0.352 e. The molecule has 0 unspecified atom stereocenters. The van der Waals surface area contributed by atoms with Crippen molar-refractivity contribution in [2.45, 2.75) is 26.4 Å². The van der Waals surface area contributed by atoms with Gasteiger partial charge in [0, 0.05) is 32.3 Å². The third-order valence-corrected chi connectivity index (χ3v) is 3.78. The Kier molecular flexibility index (Phi) is 8.90. The van der Waals surface area contributed by atoms with Gasteiger partial charge in [-0.15, -0.1) is 24.0 Å². The molecule has 6 nitrogen and oxygen atoms in total. The highest BCUT2D eigenvalue weighted by Crippen LogP contribution is 2.12. The summed E-state index contributed by atoms with van der Waals surface area (Å²) in [5, 5.41) is 17.2. The first kappa shape index (κ1) is 20.9. The number of guanidine groups is 1. The van der Waals surface area contributed by atoms with Crippen molar-refractivity contribution < 1.29 is 4.92 Å². The zero-order chi connectivity index (χ0) is 17.4. The van der Waals surface area contributed by atoms with E-state index in [4.69, 9.17) is 0 Å². The highest BCUT2D eigenvalue weighted by molar-refractivity contribution is 14.0. The number of nitro benzene ring substituents is 1. The highest BCUT2D eigenvalue weighted by Gasteiger charge is 2.05. The molecule has 2 aromatic carbocycles. The monoisotopic (exact) mass is 454 g/mol. The van der Waals surface area contributed by atoms with Gasteiger partial charge in [0.2, 0.25) is 0 Å². The molecule has 0 amide bonds. The van der Waals surface area contributed by atoms with E-state index in [0.717, 1.165) is 12.0 Å². The lowest BCUT2D eigenvalue weighted by atomic mass is 10.1. The van der Waals surface area contributed by atoms with Crippen LogP contribution in [0.15, 0.2) is 53.5 Å². The molecule has 2 N–H and O–H groups in total. The van der Waals surface area contributed by atoms with Crippen LogP contribution in [0.2, 0.25) is 0 Å². The maximum Gasteiger partial charge on any atom is 0.269 e. The standard InChI is InChI=1S/C18H22N4O2.HI/c1-3-15-6-4-5-7-16(15)13-21-18(19-2)20-12-14-8-10-17(11-9-14)22(23)24;/h4-11H,3,12-13H2,1-2H3,(H2,19,20,21);1H. The lowest BCUT2D eigenvalue weighted by Crippen LogP contribution is -2.36. The smallest absolute Gasteiger partial charge is 0.269 e. The summed E-state index contributed by atoms with van der Waals surface area (Å²) in [6.07, 6.45) is 0.993. The molecule has 0 radical (unpaired) electrons. The summed E-state index contributed by atoms with van der Waals surface area (Å²) in [4.78, 5) is 14.5. The number of rotatable bonds is 6. The number of hydrogen-bond donors (Lipinski definition) is 2. The van der Waals surface area contributed by atoms with Gasteiger partial charge in [0.05, 0.1) is 4.92 Å². The Morgan fingerprint density at radius 3 is 2.20 bits per heavy atom. The second-order valence-corrected chi connectivity index (χ2v) is 5.33. The minimum absolute atomic E-state index is 0. The molecule has 0 fully saturated rings. The number of nitrogens with zero attached hydrogens (tertiary/aromatic N) is 2. The highest BCUT2D eigenvalue weighted by atomic mass is 127. The van der Waals surface area contributed by atoms with Gasteiger partial charge in [0.15, 0.2) is 5.96 Å². The number of hydrogen-bond acceptors (Lipinski definition) is 3. The molecular weight excluding hydrogens is 431 g/mol. The molecule has 0 saturated heterocycles. The van der Waals surface area contributed by atoms with Crippen LogP contribution in [0, 0.1) is 10.1 Å². The van der Waals surface area contributed by atoms with E-state index in [-0.39, 0.29) is 29.7 Å². The summed E-state index contributed by atoms with van der Waals surface area (Å²) < 4.78 is 0. The van der Waals surface area contributed by atoms with E-state index < -0.39 is 4.92 Å². The molecule has 0 aliphatic carbocycles. The number of nitrogens with one attached hydrogen (secondary N) is 2. The van der Waals surface area contributed by atoms with Crippen LogP contribution in [0.1, 0.15) is 23.6 Å². The van der Waals surface area contributed by atoms with Crippen molar-refractivity contribution in [2.75, 3.05) is 7.05 Å². The van der Waals surface area contributed by atoms with E-state index in [2.05, 4.69) is 34.7 Å². The summed E-state index contributed by atoms with van der Waals surface area (Å²) in [6.45, 7) is 3.39. The van der Waals surface area contributed by atoms with Gasteiger partial charge in [-0.3, -0.25) is 15.1 Å². The summed E-state index contributed by atoms with van der Waals surface area (Å²) in [5.41, 5.74) is 3.61. The van der Waals surface area contributed by atoms with Crippen molar-refractivity contribution >= 4 is 35.6 Å². The van der Waals surface area contributed by atoms with Crippen LogP contribution in [0.4, 0.5) is 5.69 Å². The quantitative estimate of drug-likeness (QED) is 0.230. The predicted octanol–water partition coefficient (Wildman–Crippen LogP) is 3.64. The molecule has 2 rings (SSSR count). The predicted molar refractivity (Wildman–Crippen MR) is 111 cm³/mol. The van der Waals surface area contributed by atoms with Gasteiger partial charge in [-0.2, -0.15) is 0 Å². The summed E-state index contributed by atoms with van der Waals surface area (Å²) in [7, 11) is 1.72. The molecule has 2 aromatic rings. The van der Waals surface area contributed by atoms with Crippen molar-refractivity contribution in [3.8, 4) is 0 Å².